The Hall–Kier alpha value is -3.69. The number of aromatic nitrogens is 1. The van der Waals surface area contributed by atoms with E-state index in [-0.39, 0.29) is 43.0 Å². The van der Waals surface area contributed by atoms with E-state index in [1.165, 1.54) is 29.5 Å². The number of aliphatic imine (C=N–C) groups is 1. The van der Waals surface area contributed by atoms with Crippen LogP contribution < -0.4 is 5.32 Å². The minimum absolute atomic E-state index is 0.0217. The fraction of sp³-hybridized carbons (Fsp3) is 0.429. The van der Waals surface area contributed by atoms with Gasteiger partial charge in [-0.3, -0.25) is 14.7 Å². The van der Waals surface area contributed by atoms with Crippen molar-refractivity contribution in [3.63, 3.8) is 0 Å². The van der Waals surface area contributed by atoms with Crippen LogP contribution in [-0.4, -0.2) is 63.9 Å². The van der Waals surface area contributed by atoms with Gasteiger partial charge in [-0.1, -0.05) is 12.0 Å². The third kappa shape index (κ3) is 5.36. The first kappa shape index (κ1) is 27.9. The second kappa shape index (κ2) is 11.1. The quantitative estimate of drug-likeness (QED) is 0.362. The number of hydrogen-bond acceptors (Lipinski definition) is 8. The normalized spacial score (nSPS) is 25.6. The van der Waals surface area contributed by atoms with Crippen LogP contribution in [-0.2, 0) is 14.3 Å². The summed E-state index contributed by atoms with van der Waals surface area (Å²) in [5, 5.41) is 14.7. The summed E-state index contributed by atoms with van der Waals surface area (Å²) < 4.78 is 49.8. The summed E-state index contributed by atoms with van der Waals surface area (Å²) in [6.07, 6.45) is 7.03. The van der Waals surface area contributed by atoms with Crippen molar-refractivity contribution in [3.8, 4) is 12.3 Å². The van der Waals surface area contributed by atoms with Gasteiger partial charge in [-0.15, -0.1) is 17.8 Å². The largest absolute Gasteiger partial charge is 0.481 e. The first-order valence-electron chi connectivity index (χ1n) is 12.9. The van der Waals surface area contributed by atoms with Gasteiger partial charge in [0.1, 0.15) is 11.9 Å². The van der Waals surface area contributed by atoms with E-state index in [1.807, 2.05) is 0 Å². The third-order valence-electron chi connectivity index (χ3n) is 7.55. The average Bonchev–Trinajstić information content (AvgIpc) is 3.48. The van der Waals surface area contributed by atoms with Gasteiger partial charge in [0, 0.05) is 48.3 Å². The Morgan fingerprint density at radius 3 is 2.80 bits per heavy atom. The molecule has 1 aromatic heterocycles. The smallest absolute Gasteiger partial charge is 0.338 e. The van der Waals surface area contributed by atoms with Gasteiger partial charge < -0.3 is 15.2 Å². The molecule has 2 N–H and O–H groups in total. The molecule has 40 heavy (non-hydrogen) atoms. The second-order valence-electron chi connectivity index (χ2n) is 10.1. The van der Waals surface area contributed by atoms with Crippen LogP contribution >= 0.6 is 11.3 Å². The van der Waals surface area contributed by atoms with Crippen LogP contribution in [0.5, 0.6) is 0 Å². The highest BCUT2D eigenvalue weighted by molar-refractivity contribution is 7.11. The van der Waals surface area contributed by atoms with Gasteiger partial charge in [-0.25, -0.2) is 22.9 Å². The van der Waals surface area contributed by atoms with Crippen LogP contribution in [0.2, 0.25) is 0 Å². The van der Waals surface area contributed by atoms with Crippen molar-refractivity contribution in [2.24, 2.45) is 10.9 Å². The zero-order valence-corrected chi connectivity index (χ0v) is 22.4. The number of esters is 1. The van der Waals surface area contributed by atoms with Crippen LogP contribution in [0, 0.1) is 24.1 Å². The highest BCUT2D eigenvalue weighted by atomic mass is 32.1. The molecule has 0 spiro atoms. The molecule has 2 bridgehead atoms. The number of ether oxygens (including phenoxy) is 1. The van der Waals surface area contributed by atoms with Gasteiger partial charge in [0.25, 0.3) is 5.92 Å². The van der Waals surface area contributed by atoms with Crippen molar-refractivity contribution in [1.82, 2.24) is 15.2 Å². The number of carbonyl (C=O) groups is 2. The summed E-state index contributed by atoms with van der Waals surface area (Å²) in [6, 6.07) is 1.06. The van der Waals surface area contributed by atoms with Crippen LogP contribution in [0.4, 0.5) is 13.2 Å². The Bertz CT molecular complexity index is 1420. The lowest BCUT2D eigenvalue weighted by Crippen LogP contribution is -2.50. The Kier molecular flexibility index (Phi) is 7.70. The molecule has 2 fully saturated rings. The molecule has 5 rings (SSSR count). The summed E-state index contributed by atoms with van der Waals surface area (Å²) in [5.74, 6) is -2.90. The van der Waals surface area contributed by atoms with Gasteiger partial charge in [-0.05, 0) is 43.4 Å². The number of halogens is 3. The molecule has 4 atom stereocenters. The minimum atomic E-state index is -3.02. The Morgan fingerprint density at radius 1 is 1.35 bits per heavy atom. The lowest BCUT2D eigenvalue weighted by molar-refractivity contribution is -0.140. The van der Waals surface area contributed by atoms with Crippen molar-refractivity contribution in [2.45, 2.75) is 56.7 Å². The molecule has 0 radical (unpaired) electrons. The number of benzene rings is 1. The predicted molar refractivity (Wildman–Crippen MR) is 141 cm³/mol. The van der Waals surface area contributed by atoms with Gasteiger partial charge in [-0.2, -0.15) is 0 Å². The van der Waals surface area contributed by atoms with Crippen molar-refractivity contribution >= 4 is 29.1 Å². The molecule has 1 aromatic carbocycles. The lowest BCUT2D eigenvalue weighted by atomic mass is 9.87. The molecule has 2 saturated heterocycles. The number of terminal acetylenes is 1. The zero-order valence-electron chi connectivity index (χ0n) is 21.6. The van der Waals surface area contributed by atoms with E-state index >= 15 is 8.78 Å². The number of thiazole rings is 1. The molecule has 4 heterocycles. The van der Waals surface area contributed by atoms with Crippen LogP contribution in [0.1, 0.15) is 54.8 Å². The highest BCUT2D eigenvalue weighted by Crippen LogP contribution is 2.49. The van der Waals surface area contributed by atoms with Gasteiger partial charge in [0.2, 0.25) is 0 Å². The lowest BCUT2D eigenvalue weighted by Gasteiger charge is -2.40. The van der Waals surface area contributed by atoms with Gasteiger partial charge in [0.05, 0.1) is 18.2 Å². The Balaban J connectivity index is 1.60. The third-order valence-corrected chi connectivity index (χ3v) is 8.33. The van der Waals surface area contributed by atoms with Crippen LogP contribution in [0.25, 0.3) is 0 Å². The van der Waals surface area contributed by atoms with Crippen molar-refractivity contribution in [1.29, 1.82) is 0 Å². The first-order valence-corrected chi connectivity index (χ1v) is 13.8. The maximum Gasteiger partial charge on any atom is 0.338 e. The monoisotopic (exact) mass is 572 g/mol. The number of fused-ring (bicyclic) bond motifs is 2. The fourth-order valence-corrected chi connectivity index (χ4v) is 6.55. The van der Waals surface area contributed by atoms with Crippen molar-refractivity contribution in [2.75, 3.05) is 13.2 Å². The number of nitrogens with one attached hydrogen (secondary N) is 1. The SMILES string of the molecule is C#Cc1cc(F)ccc1C1N=C(c2nccs2)NC(CN2[C@H]3C[C@@H](CC(=O)O)C[C@@H]2C(F)(F)C3)=C1C(=O)OCC. The molecule has 2 aromatic rings. The maximum absolute atomic E-state index is 15.2. The summed E-state index contributed by atoms with van der Waals surface area (Å²) in [7, 11) is 0. The predicted octanol–water partition coefficient (Wildman–Crippen LogP) is 4.13. The summed E-state index contributed by atoms with van der Waals surface area (Å²) in [5.41, 5.74) is 0.964. The first-order chi connectivity index (χ1) is 19.1. The number of carboxylic acid groups (broad SMARTS) is 1. The maximum atomic E-state index is 15.2. The number of hydrogen-bond donors (Lipinski definition) is 2. The molecule has 8 nitrogen and oxygen atoms in total. The van der Waals surface area contributed by atoms with E-state index in [9.17, 15) is 19.1 Å². The van der Waals surface area contributed by atoms with E-state index < -0.39 is 48.2 Å². The molecule has 210 valence electrons. The molecule has 3 aliphatic heterocycles. The van der Waals surface area contributed by atoms with Gasteiger partial charge in [0.15, 0.2) is 10.8 Å². The highest BCUT2D eigenvalue weighted by Gasteiger charge is 2.57. The minimum Gasteiger partial charge on any atom is -0.481 e. The number of piperidine rings is 1. The molecule has 0 saturated carbocycles. The number of carbonyl (C=O) groups excluding carboxylic acids is 1. The van der Waals surface area contributed by atoms with Crippen LogP contribution in [0.15, 0.2) is 46.0 Å². The summed E-state index contributed by atoms with van der Waals surface area (Å²) in [4.78, 5) is 35.4. The molecule has 3 aliphatic rings. The van der Waals surface area contributed by atoms with E-state index in [4.69, 9.17) is 16.2 Å². The number of alkyl halides is 2. The topological polar surface area (TPSA) is 104 Å². The average molecular weight is 573 g/mol. The van der Waals surface area contributed by atoms with Crippen molar-refractivity contribution in [3.05, 3.63) is 63.0 Å². The number of aliphatic carboxylic acids is 1. The number of rotatable bonds is 8. The van der Waals surface area contributed by atoms with Gasteiger partial charge >= 0.3 is 11.9 Å². The molecule has 0 aliphatic carbocycles. The van der Waals surface area contributed by atoms with E-state index in [0.29, 0.717) is 28.5 Å². The Morgan fingerprint density at radius 2 is 2.15 bits per heavy atom. The summed E-state index contributed by atoms with van der Waals surface area (Å²) in [6.45, 7) is 1.64. The second-order valence-corrected chi connectivity index (χ2v) is 11.0. The van der Waals surface area contributed by atoms with Crippen molar-refractivity contribution < 1.29 is 32.6 Å². The standard InChI is InChI=1S/C28H27F3N4O4S/c1-3-16-12-17(29)5-6-19(16)24-23(27(38)39-4-2)20(33-25(34-24)26-32-7-8-40-26)14-35-18-9-15(11-22(36)37)10-21(35)28(30,31)13-18/h1,5-8,12,15,18,21,24H,4,9-11,13-14H2,2H3,(H,33,34)(H,36,37)/t15-,18+,21-,24?/m1/s1. The number of amidine groups is 1. The fourth-order valence-electron chi connectivity index (χ4n) is 5.96. The number of nitrogens with zero attached hydrogens (tertiary/aromatic N) is 3. The van der Waals surface area contributed by atoms with E-state index in [1.54, 1.807) is 23.4 Å². The molecular weight excluding hydrogens is 545 g/mol. The molecule has 1 unspecified atom stereocenters. The molecule has 0 amide bonds. The Labute approximate surface area is 233 Å². The zero-order chi connectivity index (χ0) is 28.6. The van der Waals surface area contributed by atoms with E-state index in [0.717, 1.165) is 0 Å². The van der Waals surface area contributed by atoms with E-state index in [2.05, 4.69) is 16.2 Å². The van der Waals surface area contributed by atoms with Crippen LogP contribution in [0.3, 0.4) is 0 Å². The summed E-state index contributed by atoms with van der Waals surface area (Å²) >= 11 is 1.29. The molecular formula is C28H27F3N4O4S. The molecule has 12 heteroatoms. The number of carboxylic acids is 1.